The Morgan fingerprint density at radius 3 is 2.71 bits per heavy atom. The van der Waals surface area contributed by atoms with Crippen molar-refractivity contribution in [1.82, 2.24) is 4.98 Å². The highest BCUT2D eigenvalue weighted by molar-refractivity contribution is 5.88. The Kier molecular flexibility index (Phi) is 5.38. The van der Waals surface area contributed by atoms with E-state index >= 15 is 0 Å². The summed E-state index contributed by atoms with van der Waals surface area (Å²) in [4.78, 5) is 15.3. The molecule has 0 aliphatic heterocycles. The van der Waals surface area contributed by atoms with Gasteiger partial charge in [-0.1, -0.05) is 6.92 Å². The van der Waals surface area contributed by atoms with Crippen LogP contribution < -0.4 is 9.47 Å². The van der Waals surface area contributed by atoms with Crippen LogP contribution in [-0.2, 0) is 6.42 Å². The minimum absolute atomic E-state index is 0.0429. The number of aromatic carboxylic acids is 1. The SMILES string of the molecule is CCc1cc([C@H](C)Oc2ccc(C(=O)O)cc2C#N)c(OC)cn1. The summed E-state index contributed by atoms with van der Waals surface area (Å²) in [5.41, 5.74) is 1.94. The molecule has 0 fully saturated rings. The van der Waals surface area contributed by atoms with E-state index in [1.165, 1.54) is 18.2 Å². The van der Waals surface area contributed by atoms with Crippen molar-refractivity contribution in [1.29, 1.82) is 5.26 Å². The van der Waals surface area contributed by atoms with Gasteiger partial charge in [-0.05, 0) is 37.6 Å². The molecule has 1 heterocycles. The molecule has 0 saturated heterocycles. The molecule has 0 saturated carbocycles. The molecular weight excluding hydrogens is 308 g/mol. The van der Waals surface area contributed by atoms with Crippen LogP contribution in [0.25, 0.3) is 0 Å². The van der Waals surface area contributed by atoms with Crippen LogP contribution in [-0.4, -0.2) is 23.2 Å². The van der Waals surface area contributed by atoms with Crippen LogP contribution in [0.2, 0.25) is 0 Å². The summed E-state index contributed by atoms with van der Waals surface area (Å²) in [6, 6.07) is 8.07. The molecule has 2 rings (SSSR count). The molecule has 2 aromatic rings. The molecule has 1 atom stereocenters. The molecule has 1 N–H and O–H groups in total. The summed E-state index contributed by atoms with van der Waals surface area (Å²) in [6.45, 7) is 3.84. The van der Waals surface area contributed by atoms with Gasteiger partial charge in [0, 0.05) is 11.3 Å². The average Bonchev–Trinajstić information content (AvgIpc) is 2.61. The van der Waals surface area contributed by atoms with Crippen molar-refractivity contribution in [3.63, 3.8) is 0 Å². The number of rotatable bonds is 6. The Balaban J connectivity index is 2.35. The first kappa shape index (κ1) is 17.3. The van der Waals surface area contributed by atoms with E-state index in [1.54, 1.807) is 13.3 Å². The summed E-state index contributed by atoms with van der Waals surface area (Å²) in [5.74, 6) is -0.165. The molecule has 6 nitrogen and oxygen atoms in total. The molecule has 0 unspecified atom stereocenters. The zero-order valence-electron chi connectivity index (χ0n) is 13.7. The number of ether oxygens (including phenoxy) is 2. The van der Waals surface area contributed by atoms with Crippen molar-refractivity contribution in [3.05, 3.63) is 52.8 Å². The largest absolute Gasteiger partial charge is 0.495 e. The maximum Gasteiger partial charge on any atom is 0.335 e. The molecule has 0 spiro atoms. The molecule has 0 amide bonds. The third-order valence-electron chi connectivity index (χ3n) is 3.63. The van der Waals surface area contributed by atoms with E-state index in [1.807, 2.05) is 26.0 Å². The normalized spacial score (nSPS) is 11.4. The lowest BCUT2D eigenvalue weighted by atomic mass is 10.1. The Morgan fingerprint density at radius 2 is 2.12 bits per heavy atom. The molecular formula is C18H18N2O4. The summed E-state index contributed by atoms with van der Waals surface area (Å²) in [7, 11) is 1.56. The average molecular weight is 326 g/mol. The van der Waals surface area contributed by atoms with Crippen molar-refractivity contribution >= 4 is 5.97 Å². The van der Waals surface area contributed by atoms with Crippen LogP contribution in [0, 0.1) is 11.3 Å². The number of nitriles is 1. The lowest BCUT2D eigenvalue weighted by Crippen LogP contribution is -2.08. The van der Waals surface area contributed by atoms with E-state index in [-0.39, 0.29) is 11.1 Å². The van der Waals surface area contributed by atoms with Crippen molar-refractivity contribution in [3.8, 4) is 17.6 Å². The van der Waals surface area contributed by atoms with Crippen molar-refractivity contribution in [2.45, 2.75) is 26.4 Å². The minimum Gasteiger partial charge on any atom is -0.495 e. The maximum absolute atomic E-state index is 11.0. The summed E-state index contributed by atoms with van der Waals surface area (Å²) in [5, 5.41) is 18.2. The van der Waals surface area contributed by atoms with Crippen LogP contribution in [0.1, 0.15) is 47.1 Å². The molecule has 0 radical (unpaired) electrons. The van der Waals surface area contributed by atoms with Crippen molar-refractivity contribution < 1.29 is 19.4 Å². The summed E-state index contributed by atoms with van der Waals surface area (Å²) >= 11 is 0. The molecule has 0 aliphatic carbocycles. The Hall–Kier alpha value is -3.07. The molecule has 24 heavy (non-hydrogen) atoms. The summed E-state index contributed by atoms with van der Waals surface area (Å²) in [6.07, 6.45) is 2.03. The fraction of sp³-hybridized carbons (Fsp3) is 0.278. The van der Waals surface area contributed by atoms with Gasteiger partial charge in [0.05, 0.1) is 24.4 Å². The van der Waals surface area contributed by atoms with Gasteiger partial charge in [-0.3, -0.25) is 4.98 Å². The van der Waals surface area contributed by atoms with Gasteiger partial charge < -0.3 is 14.6 Å². The van der Waals surface area contributed by atoms with E-state index in [0.717, 1.165) is 17.7 Å². The second-order valence-corrected chi connectivity index (χ2v) is 5.16. The number of hydrogen-bond donors (Lipinski definition) is 1. The van der Waals surface area contributed by atoms with Gasteiger partial charge >= 0.3 is 5.97 Å². The molecule has 6 heteroatoms. The number of carbonyl (C=O) groups is 1. The lowest BCUT2D eigenvalue weighted by molar-refractivity contribution is 0.0697. The van der Waals surface area contributed by atoms with E-state index in [9.17, 15) is 10.1 Å². The first-order chi connectivity index (χ1) is 11.5. The maximum atomic E-state index is 11.0. The molecule has 1 aromatic carbocycles. The van der Waals surface area contributed by atoms with Gasteiger partial charge in [-0.25, -0.2) is 4.79 Å². The van der Waals surface area contributed by atoms with Crippen LogP contribution in [0.3, 0.4) is 0 Å². The van der Waals surface area contributed by atoms with E-state index < -0.39 is 12.1 Å². The number of aryl methyl sites for hydroxylation is 1. The predicted molar refractivity (Wildman–Crippen MR) is 87.3 cm³/mol. The van der Waals surface area contributed by atoms with E-state index in [4.69, 9.17) is 14.6 Å². The molecule has 0 bridgehead atoms. The highest BCUT2D eigenvalue weighted by Gasteiger charge is 2.17. The molecule has 1 aromatic heterocycles. The Bertz CT molecular complexity index is 796. The number of pyridine rings is 1. The molecule has 0 aliphatic rings. The highest BCUT2D eigenvalue weighted by atomic mass is 16.5. The quantitative estimate of drug-likeness (QED) is 0.875. The number of methoxy groups -OCH3 is 1. The van der Waals surface area contributed by atoms with E-state index in [0.29, 0.717) is 11.5 Å². The third-order valence-corrected chi connectivity index (χ3v) is 3.63. The van der Waals surface area contributed by atoms with Crippen LogP contribution in [0.15, 0.2) is 30.5 Å². The highest BCUT2D eigenvalue weighted by Crippen LogP contribution is 2.31. The fourth-order valence-electron chi connectivity index (χ4n) is 2.29. The smallest absolute Gasteiger partial charge is 0.335 e. The number of carboxylic acid groups (broad SMARTS) is 1. The van der Waals surface area contributed by atoms with Crippen molar-refractivity contribution in [2.75, 3.05) is 7.11 Å². The number of hydrogen-bond acceptors (Lipinski definition) is 5. The van der Waals surface area contributed by atoms with Gasteiger partial charge in [-0.2, -0.15) is 5.26 Å². The predicted octanol–water partition coefficient (Wildman–Crippen LogP) is 3.36. The van der Waals surface area contributed by atoms with Gasteiger partial charge in [0.25, 0.3) is 0 Å². The number of nitrogens with zero attached hydrogens (tertiary/aromatic N) is 2. The zero-order valence-corrected chi connectivity index (χ0v) is 13.7. The first-order valence-electron chi connectivity index (χ1n) is 7.47. The van der Waals surface area contributed by atoms with Gasteiger partial charge in [0.2, 0.25) is 0 Å². The summed E-state index contributed by atoms with van der Waals surface area (Å²) < 4.78 is 11.2. The van der Waals surface area contributed by atoms with Crippen LogP contribution in [0.5, 0.6) is 11.5 Å². The number of carboxylic acids is 1. The second-order valence-electron chi connectivity index (χ2n) is 5.16. The third kappa shape index (κ3) is 3.63. The van der Waals surface area contributed by atoms with Crippen LogP contribution >= 0.6 is 0 Å². The minimum atomic E-state index is -1.09. The zero-order chi connectivity index (χ0) is 17.7. The molecule has 124 valence electrons. The lowest BCUT2D eigenvalue weighted by Gasteiger charge is -2.19. The Morgan fingerprint density at radius 1 is 1.38 bits per heavy atom. The standard InChI is InChI=1S/C18H18N2O4/c1-4-14-8-15(17(23-3)10-20-14)11(2)24-16-6-5-12(18(21)22)7-13(16)9-19/h5-8,10-11H,4H2,1-3H3,(H,21,22)/t11-/m0/s1. The van der Waals surface area contributed by atoms with Crippen LogP contribution in [0.4, 0.5) is 0 Å². The van der Waals surface area contributed by atoms with Crippen molar-refractivity contribution in [2.24, 2.45) is 0 Å². The van der Waals surface area contributed by atoms with E-state index in [2.05, 4.69) is 4.98 Å². The monoisotopic (exact) mass is 326 g/mol. The number of aromatic nitrogens is 1. The van der Waals surface area contributed by atoms with Gasteiger partial charge in [-0.15, -0.1) is 0 Å². The second kappa shape index (κ2) is 7.47. The first-order valence-corrected chi connectivity index (χ1v) is 7.47. The van der Waals surface area contributed by atoms with Gasteiger partial charge in [0.15, 0.2) is 0 Å². The van der Waals surface area contributed by atoms with Gasteiger partial charge in [0.1, 0.15) is 23.7 Å². The topological polar surface area (TPSA) is 92.4 Å². The Labute approximate surface area is 140 Å². The fourth-order valence-corrected chi connectivity index (χ4v) is 2.29. The number of benzene rings is 1.